The highest BCUT2D eigenvalue weighted by molar-refractivity contribution is 6.01. The van der Waals surface area contributed by atoms with E-state index < -0.39 is 5.41 Å². The largest absolute Gasteiger partial charge is 0.496 e. The quantitative estimate of drug-likeness (QED) is 0.558. The van der Waals surface area contributed by atoms with Gasteiger partial charge in [-0.15, -0.1) is 0 Å². The predicted octanol–water partition coefficient (Wildman–Crippen LogP) is 5.30. The summed E-state index contributed by atoms with van der Waals surface area (Å²) >= 11 is 0. The SMILES string of the molecule is CCCc1ccccc1C1(C(=O)Nc2ccc(Cc3ccccc3OC)cn2)CC1. The molecule has 0 atom stereocenters. The number of aryl methyl sites for hydroxylation is 1. The van der Waals surface area contributed by atoms with Crippen molar-refractivity contribution in [2.45, 2.75) is 44.4 Å². The van der Waals surface area contributed by atoms with Crippen molar-refractivity contribution >= 4 is 11.7 Å². The number of carbonyl (C=O) groups is 1. The molecule has 1 fully saturated rings. The van der Waals surface area contributed by atoms with Crippen LogP contribution in [-0.4, -0.2) is 18.0 Å². The van der Waals surface area contributed by atoms with Gasteiger partial charge in [-0.1, -0.05) is 61.9 Å². The third kappa shape index (κ3) is 4.09. The second-order valence-corrected chi connectivity index (χ2v) is 7.98. The van der Waals surface area contributed by atoms with Crippen LogP contribution in [0.4, 0.5) is 5.82 Å². The van der Waals surface area contributed by atoms with Crippen LogP contribution in [-0.2, 0) is 23.1 Å². The Morgan fingerprint density at radius 3 is 2.43 bits per heavy atom. The number of aromatic nitrogens is 1. The number of anilines is 1. The molecule has 2 aromatic carbocycles. The molecule has 1 heterocycles. The molecular weight excluding hydrogens is 372 g/mol. The molecule has 1 saturated carbocycles. The molecule has 1 aromatic heterocycles. The van der Waals surface area contributed by atoms with Crippen LogP contribution in [0.1, 0.15) is 48.4 Å². The highest BCUT2D eigenvalue weighted by Crippen LogP contribution is 2.50. The van der Waals surface area contributed by atoms with E-state index in [1.54, 1.807) is 7.11 Å². The first-order chi connectivity index (χ1) is 14.7. The predicted molar refractivity (Wildman–Crippen MR) is 120 cm³/mol. The zero-order valence-electron chi connectivity index (χ0n) is 17.7. The molecule has 4 rings (SSSR count). The molecule has 1 aliphatic carbocycles. The molecule has 1 aliphatic rings. The van der Waals surface area contributed by atoms with Crippen LogP contribution < -0.4 is 10.1 Å². The number of hydrogen-bond donors (Lipinski definition) is 1. The van der Waals surface area contributed by atoms with Crippen LogP contribution in [0.5, 0.6) is 5.75 Å². The molecule has 0 bridgehead atoms. The number of amides is 1. The summed E-state index contributed by atoms with van der Waals surface area (Å²) < 4.78 is 5.43. The van der Waals surface area contributed by atoms with Crippen molar-refractivity contribution in [3.05, 3.63) is 89.1 Å². The van der Waals surface area contributed by atoms with E-state index in [1.807, 2.05) is 42.6 Å². The highest BCUT2D eigenvalue weighted by Gasteiger charge is 2.52. The van der Waals surface area contributed by atoms with Crippen molar-refractivity contribution in [2.24, 2.45) is 0 Å². The van der Waals surface area contributed by atoms with Gasteiger partial charge in [0, 0.05) is 12.6 Å². The second-order valence-electron chi connectivity index (χ2n) is 7.98. The molecule has 30 heavy (non-hydrogen) atoms. The van der Waals surface area contributed by atoms with Gasteiger partial charge in [-0.25, -0.2) is 4.98 Å². The van der Waals surface area contributed by atoms with Gasteiger partial charge in [-0.05, 0) is 53.6 Å². The number of carbonyl (C=O) groups excluding carboxylic acids is 1. The zero-order valence-corrected chi connectivity index (χ0v) is 17.7. The Morgan fingerprint density at radius 2 is 1.77 bits per heavy atom. The van der Waals surface area contributed by atoms with Crippen molar-refractivity contribution < 1.29 is 9.53 Å². The van der Waals surface area contributed by atoms with E-state index in [-0.39, 0.29) is 5.91 Å². The number of rotatable bonds is 8. The fourth-order valence-corrected chi connectivity index (χ4v) is 4.13. The van der Waals surface area contributed by atoms with E-state index >= 15 is 0 Å². The standard InChI is InChI=1S/C26H28N2O2/c1-3-8-20-9-4-6-11-22(20)26(15-16-26)25(29)28-24-14-13-19(18-27-24)17-21-10-5-7-12-23(21)30-2/h4-7,9-14,18H,3,8,15-17H2,1-2H3,(H,27,28,29). The lowest BCUT2D eigenvalue weighted by atomic mass is 9.88. The molecular formula is C26H28N2O2. The molecule has 0 aliphatic heterocycles. The summed E-state index contributed by atoms with van der Waals surface area (Å²) in [6.07, 6.45) is 6.42. The number of methoxy groups -OCH3 is 1. The molecule has 1 N–H and O–H groups in total. The average molecular weight is 401 g/mol. The molecule has 0 radical (unpaired) electrons. The number of benzene rings is 2. The average Bonchev–Trinajstić information content (AvgIpc) is 3.58. The lowest BCUT2D eigenvalue weighted by Crippen LogP contribution is -2.29. The van der Waals surface area contributed by atoms with Crippen LogP contribution in [0.15, 0.2) is 66.9 Å². The monoisotopic (exact) mass is 400 g/mol. The first-order valence-electron chi connectivity index (χ1n) is 10.6. The summed E-state index contributed by atoms with van der Waals surface area (Å²) in [5.74, 6) is 1.52. The minimum Gasteiger partial charge on any atom is -0.496 e. The topological polar surface area (TPSA) is 51.2 Å². The molecule has 1 amide bonds. The van der Waals surface area contributed by atoms with Gasteiger partial charge >= 0.3 is 0 Å². The summed E-state index contributed by atoms with van der Waals surface area (Å²) in [6, 6.07) is 20.2. The van der Waals surface area contributed by atoms with Crippen LogP contribution in [0.3, 0.4) is 0 Å². The van der Waals surface area contributed by atoms with Crippen molar-refractivity contribution in [3.63, 3.8) is 0 Å². The Morgan fingerprint density at radius 1 is 1.03 bits per heavy atom. The number of hydrogen-bond acceptors (Lipinski definition) is 3. The molecule has 0 saturated heterocycles. The Labute approximate surface area is 178 Å². The van der Waals surface area contributed by atoms with E-state index in [0.29, 0.717) is 5.82 Å². The van der Waals surface area contributed by atoms with Gasteiger partial charge in [0.05, 0.1) is 12.5 Å². The molecule has 0 spiro atoms. The van der Waals surface area contributed by atoms with Gasteiger partial charge in [-0.3, -0.25) is 4.79 Å². The van der Waals surface area contributed by atoms with Crippen LogP contribution in [0.2, 0.25) is 0 Å². The number of nitrogens with zero attached hydrogens (tertiary/aromatic N) is 1. The molecule has 3 aromatic rings. The Hall–Kier alpha value is -3.14. The van der Waals surface area contributed by atoms with Gasteiger partial charge < -0.3 is 10.1 Å². The summed E-state index contributed by atoms with van der Waals surface area (Å²) in [5, 5.41) is 3.05. The molecule has 4 nitrogen and oxygen atoms in total. The first kappa shape index (κ1) is 20.1. The van der Waals surface area contributed by atoms with Crippen LogP contribution in [0.25, 0.3) is 0 Å². The van der Waals surface area contributed by atoms with Crippen LogP contribution in [0, 0.1) is 0 Å². The highest BCUT2D eigenvalue weighted by atomic mass is 16.5. The van der Waals surface area contributed by atoms with Gasteiger partial charge in [0.1, 0.15) is 11.6 Å². The van der Waals surface area contributed by atoms with Gasteiger partial charge in [-0.2, -0.15) is 0 Å². The second kappa shape index (κ2) is 8.70. The number of para-hydroxylation sites is 1. The Balaban J connectivity index is 1.47. The molecule has 0 unspecified atom stereocenters. The number of ether oxygens (including phenoxy) is 1. The van der Waals surface area contributed by atoms with Crippen molar-refractivity contribution in [3.8, 4) is 5.75 Å². The fourth-order valence-electron chi connectivity index (χ4n) is 4.13. The van der Waals surface area contributed by atoms with Gasteiger partial charge in [0.25, 0.3) is 0 Å². The minimum absolute atomic E-state index is 0.0519. The van der Waals surface area contributed by atoms with E-state index in [9.17, 15) is 4.79 Å². The summed E-state index contributed by atoms with van der Waals surface area (Å²) in [7, 11) is 1.68. The lowest BCUT2D eigenvalue weighted by molar-refractivity contribution is -0.118. The molecule has 4 heteroatoms. The van der Waals surface area contributed by atoms with Crippen molar-refractivity contribution in [1.82, 2.24) is 4.98 Å². The van der Waals surface area contributed by atoms with E-state index in [1.165, 1.54) is 11.1 Å². The number of nitrogens with one attached hydrogen (secondary N) is 1. The normalized spacial score (nSPS) is 14.2. The van der Waals surface area contributed by atoms with Gasteiger partial charge in [0.2, 0.25) is 5.91 Å². The third-order valence-electron chi connectivity index (χ3n) is 5.89. The maximum Gasteiger partial charge on any atom is 0.236 e. The van der Waals surface area contributed by atoms with Crippen molar-refractivity contribution in [2.75, 3.05) is 12.4 Å². The minimum atomic E-state index is -0.399. The summed E-state index contributed by atoms with van der Waals surface area (Å²) in [6.45, 7) is 2.17. The summed E-state index contributed by atoms with van der Waals surface area (Å²) in [4.78, 5) is 17.6. The number of pyridine rings is 1. The smallest absolute Gasteiger partial charge is 0.236 e. The van der Waals surface area contributed by atoms with E-state index in [0.717, 1.165) is 49.0 Å². The fraction of sp³-hybridized carbons (Fsp3) is 0.308. The third-order valence-corrected chi connectivity index (χ3v) is 5.89. The molecule has 154 valence electrons. The maximum atomic E-state index is 13.1. The van der Waals surface area contributed by atoms with Gasteiger partial charge in [0.15, 0.2) is 0 Å². The van der Waals surface area contributed by atoms with Crippen molar-refractivity contribution in [1.29, 1.82) is 0 Å². The lowest BCUT2D eigenvalue weighted by Gasteiger charge is -2.19. The maximum absolute atomic E-state index is 13.1. The Bertz CT molecular complexity index is 1020. The zero-order chi connectivity index (χ0) is 21.0. The Kier molecular flexibility index (Phi) is 5.84. The summed E-state index contributed by atoms with van der Waals surface area (Å²) in [5.41, 5.74) is 4.25. The van der Waals surface area contributed by atoms with E-state index in [4.69, 9.17) is 4.74 Å². The van der Waals surface area contributed by atoms with E-state index in [2.05, 4.69) is 41.5 Å². The first-order valence-corrected chi connectivity index (χ1v) is 10.6. The van der Waals surface area contributed by atoms with Crippen LogP contribution >= 0.6 is 0 Å².